The number of furan rings is 1. The van der Waals surface area contributed by atoms with E-state index < -0.39 is 12.0 Å². The Morgan fingerprint density at radius 2 is 1.90 bits per heavy atom. The molecule has 1 saturated heterocycles. The van der Waals surface area contributed by atoms with E-state index in [1.54, 1.807) is 42.5 Å². The predicted molar refractivity (Wildman–Crippen MR) is 112 cm³/mol. The Morgan fingerprint density at radius 1 is 1.07 bits per heavy atom. The summed E-state index contributed by atoms with van der Waals surface area (Å²) in [6.45, 7) is 0.479. The molecule has 30 heavy (non-hydrogen) atoms. The highest BCUT2D eigenvalue weighted by molar-refractivity contribution is 7.12. The number of benzene rings is 1. The van der Waals surface area contributed by atoms with Gasteiger partial charge >= 0.3 is 5.97 Å². The molecular weight excluding hydrogens is 404 g/mol. The number of amides is 2. The maximum absolute atomic E-state index is 12.8. The van der Waals surface area contributed by atoms with Gasteiger partial charge in [0.1, 0.15) is 11.8 Å². The topological polar surface area (TPSA) is 88.9 Å². The molecule has 0 bridgehead atoms. The standard InChI is InChI=1S/C22H20N2O5S/c25-20(19-7-4-14-30-19)23-15-8-10-16(11-9-15)29-22(27)17-5-1-2-12-24(17)21(26)18-6-3-13-28-18/h3-4,6-11,13-14,17H,1-2,5,12H2,(H,23,25). The molecule has 1 unspecified atom stereocenters. The summed E-state index contributed by atoms with van der Waals surface area (Å²) in [7, 11) is 0. The van der Waals surface area contributed by atoms with Crippen LogP contribution in [0.25, 0.3) is 0 Å². The zero-order chi connectivity index (χ0) is 20.9. The van der Waals surface area contributed by atoms with Crippen molar-refractivity contribution in [2.24, 2.45) is 0 Å². The van der Waals surface area contributed by atoms with Crippen LogP contribution in [-0.2, 0) is 4.79 Å². The van der Waals surface area contributed by atoms with E-state index in [4.69, 9.17) is 9.15 Å². The minimum atomic E-state index is -0.658. The molecule has 8 heteroatoms. The van der Waals surface area contributed by atoms with Gasteiger partial charge in [0.05, 0.1) is 11.1 Å². The van der Waals surface area contributed by atoms with Crippen molar-refractivity contribution < 1.29 is 23.5 Å². The maximum atomic E-state index is 12.8. The van der Waals surface area contributed by atoms with Gasteiger partial charge in [-0.2, -0.15) is 0 Å². The van der Waals surface area contributed by atoms with Crippen molar-refractivity contribution >= 4 is 34.8 Å². The van der Waals surface area contributed by atoms with Gasteiger partial charge < -0.3 is 19.4 Å². The van der Waals surface area contributed by atoms with Gasteiger partial charge in [-0.3, -0.25) is 9.59 Å². The van der Waals surface area contributed by atoms with Crippen LogP contribution >= 0.6 is 11.3 Å². The van der Waals surface area contributed by atoms with Gasteiger partial charge in [-0.25, -0.2) is 4.79 Å². The van der Waals surface area contributed by atoms with Crippen molar-refractivity contribution in [2.75, 3.05) is 11.9 Å². The second-order valence-electron chi connectivity index (χ2n) is 6.86. The molecule has 0 saturated carbocycles. The number of anilines is 1. The number of rotatable bonds is 5. The molecule has 2 aromatic heterocycles. The molecule has 0 radical (unpaired) electrons. The third kappa shape index (κ3) is 4.44. The number of piperidine rings is 1. The van der Waals surface area contributed by atoms with Crippen LogP contribution in [0.1, 0.15) is 39.5 Å². The molecule has 2 amide bonds. The Hall–Kier alpha value is -3.39. The Labute approximate surface area is 177 Å². The number of carbonyl (C=O) groups is 3. The van der Waals surface area contributed by atoms with E-state index in [-0.39, 0.29) is 17.6 Å². The van der Waals surface area contributed by atoms with Crippen LogP contribution in [-0.4, -0.2) is 35.3 Å². The van der Waals surface area contributed by atoms with E-state index in [1.165, 1.54) is 22.5 Å². The van der Waals surface area contributed by atoms with E-state index in [9.17, 15) is 14.4 Å². The van der Waals surface area contributed by atoms with E-state index in [0.29, 0.717) is 29.3 Å². The SMILES string of the molecule is O=C(Nc1ccc(OC(=O)C2CCCCN2C(=O)c2ccco2)cc1)c1cccs1. The van der Waals surface area contributed by atoms with E-state index in [1.807, 2.05) is 11.4 Å². The minimum Gasteiger partial charge on any atom is -0.459 e. The first-order valence-electron chi connectivity index (χ1n) is 9.63. The summed E-state index contributed by atoms with van der Waals surface area (Å²) in [5, 5.41) is 4.63. The molecule has 7 nitrogen and oxygen atoms in total. The summed E-state index contributed by atoms with van der Waals surface area (Å²) in [6.07, 6.45) is 3.65. The number of hydrogen-bond acceptors (Lipinski definition) is 6. The zero-order valence-electron chi connectivity index (χ0n) is 16.1. The first kappa shape index (κ1) is 19.9. The Bertz CT molecular complexity index is 1010. The molecule has 1 aromatic carbocycles. The fraction of sp³-hybridized carbons (Fsp3) is 0.227. The number of likely N-dealkylation sites (tertiary alicyclic amines) is 1. The average Bonchev–Trinajstić information content (AvgIpc) is 3.49. The highest BCUT2D eigenvalue weighted by atomic mass is 32.1. The molecule has 1 atom stereocenters. The molecule has 3 heterocycles. The third-order valence-electron chi connectivity index (χ3n) is 4.84. The Balaban J connectivity index is 1.39. The largest absolute Gasteiger partial charge is 0.459 e. The summed E-state index contributed by atoms with van der Waals surface area (Å²) in [5.41, 5.74) is 0.598. The summed E-state index contributed by atoms with van der Waals surface area (Å²) in [6, 6.07) is 12.7. The third-order valence-corrected chi connectivity index (χ3v) is 5.71. The van der Waals surface area contributed by atoms with Crippen LogP contribution < -0.4 is 10.1 Å². The average molecular weight is 424 g/mol. The van der Waals surface area contributed by atoms with Crippen molar-refractivity contribution in [2.45, 2.75) is 25.3 Å². The fourth-order valence-electron chi connectivity index (χ4n) is 3.35. The number of ether oxygens (including phenoxy) is 1. The molecule has 1 aliphatic heterocycles. The van der Waals surface area contributed by atoms with Gasteiger partial charge in [-0.1, -0.05) is 6.07 Å². The van der Waals surface area contributed by atoms with Gasteiger partial charge in [0, 0.05) is 12.2 Å². The normalized spacial score (nSPS) is 16.1. The monoisotopic (exact) mass is 424 g/mol. The van der Waals surface area contributed by atoms with Crippen LogP contribution in [0.4, 0.5) is 5.69 Å². The van der Waals surface area contributed by atoms with E-state index >= 15 is 0 Å². The number of carbonyl (C=O) groups excluding carboxylic acids is 3. The lowest BCUT2D eigenvalue weighted by molar-refractivity contribution is -0.140. The smallest absolute Gasteiger partial charge is 0.334 e. The quantitative estimate of drug-likeness (QED) is 0.490. The molecule has 1 fully saturated rings. The molecule has 154 valence electrons. The lowest BCUT2D eigenvalue weighted by Crippen LogP contribution is -2.49. The summed E-state index contributed by atoms with van der Waals surface area (Å²) >= 11 is 1.36. The van der Waals surface area contributed by atoms with Gasteiger partial charge in [-0.15, -0.1) is 11.3 Å². The van der Waals surface area contributed by atoms with Crippen molar-refractivity contribution in [3.05, 3.63) is 70.8 Å². The molecule has 1 N–H and O–H groups in total. The van der Waals surface area contributed by atoms with Gasteiger partial charge in [-0.05, 0) is 67.1 Å². The highest BCUT2D eigenvalue weighted by Crippen LogP contribution is 2.23. The maximum Gasteiger partial charge on any atom is 0.334 e. The van der Waals surface area contributed by atoms with Gasteiger partial charge in [0.2, 0.25) is 0 Å². The highest BCUT2D eigenvalue weighted by Gasteiger charge is 2.35. The molecule has 0 aliphatic carbocycles. The molecule has 4 rings (SSSR count). The number of hydrogen-bond donors (Lipinski definition) is 1. The fourth-order valence-corrected chi connectivity index (χ4v) is 3.97. The van der Waals surface area contributed by atoms with Crippen LogP contribution in [0.5, 0.6) is 5.75 Å². The van der Waals surface area contributed by atoms with Gasteiger partial charge in [0.15, 0.2) is 5.76 Å². The summed E-state index contributed by atoms with van der Waals surface area (Å²) in [4.78, 5) is 39.7. The molecule has 1 aliphatic rings. The van der Waals surface area contributed by atoms with Gasteiger partial charge in [0.25, 0.3) is 11.8 Å². The Morgan fingerprint density at radius 3 is 2.60 bits per heavy atom. The number of nitrogens with zero attached hydrogens (tertiary/aromatic N) is 1. The molecular formula is C22H20N2O5S. The second-order valence-corrected chi connectivity index (χ2v) is 7.81. The number of esters is 1. The van der Waals surface area contributed by atoms with Crippen LogP contribution in [0.15, 0.2) is 64.6 Å². The van der Waals surface area contributed by atoms with Crippen molar-refractivity contribution in [3.63, 3.8) is 0 Å². The Kier molecular flexibility index (Phi) is 5.94. The van der Waals surface area contributed by atoms with Crippen molar-refractivity contribution in [3.8, 4) is 5.75 Å². The molecule has 0 spiro atoms. The number of nitrogens with one attached hydrogen (secondary N) is 1. The van der Waals surface area contributed by atoms with Crippen LogP contribution in [0, 0.1) is 0 Å². The van der Waals surface area contributed by atoms with Crippen LogP contribution in [0.2, 0.25) is 0 Å². The molecule has 3 aromatic rings. The zero-order valence-corrected chi connectivity index (χ0v) is 16.9. The first-order chi connectivity index (χ1) is 14.6. The van der Waals surface area contributed by atoms with Crippen molar-refractivity contribution in [1.82, 2.24) is 4.90 Å². The predicted octanol–water partition coefficient (Wildman–Crippen LogP) is 4.19. The summed E-state index contributed by atoms with van der Waals surface area (Å²) < 4.78 is 10.7. The summed E-state index contributed by atoms with van der Waals surface area (Å²) in [5.74, 6) is -0.423. The van der Waals surface area contributed by atoms with E-state index in [2.05, 4.69) is 5.32 Å². The number of thiophene rings is 1. The second kappa shape index (κ2) is 8.96. The van der Waals surface area contributed by atoms with E-state index in [0.717, 1.165) is 12.8 Å². The lowest BCUT2D eigenvalue weighted by Gasteiger charge is -2.33. The lowest BCUT2D eigenvalue weighted by atomic mass is 10.0. The minimum absolute atomic E-state index is 0.191. The van der Waals surface area contributed by atoms with Crippen LogP contribution in [0.3, 0.4) is 0 Å². The van der Waals surface area contributed by atoms with Crippen molar-refractivity contribution in [1.29, 1.82) is 0 Å². The first-order valence-corrected chi connectivity index (χ1v) is 10.5.